The lowest BCUT2D eigenvalue weighted by molar-refractivity contribution is -0.151. The van der Waals surface area contributed by atoms with Gasteiger partial charge in [0, 0.05) is 18.9 Å². The van der Waals surface area contributed by atoms with Gasteiger partial charge in [-0.1, -0.05) is 12.2 Å². The summed E-state index contributed by atoms with van der Waals surface area (Å²) in [7, 11) is 10.8. The van der Waals surface area contributed by atoms with Crippen molar-refractivity contribution < 1.29 is 52.2 Å². The Morgan fingerprint density at radius 2 is 1.09 bits per heavy atom. The standard InChI is InChI=1S/C36H46O11/c1-12-13-24-15-27(38-5)35(28(16-24)39-6)45-21(2)14-25-17-29(40-7)36(30(18-25)41-8)46-22(3)33(47-23(4)37)26-19-31(42-9)34(44-11)32(20-26)43-10/h12-13,15-22,33H,14H2,1-11H3. The molecule has 0 N–H and O–H groups in total. The van der Waals surface area contributed by atoms with E-state index in [-0.39, 0.29) is 6.10 Å². The Kier molecular flexibility index (Phi) is 13.3. The van der Waals surface area contributed by atoms with E-state index in [1.54, 1.807) is 47.5 Å². The van der Waals surface area contributed by atoms with Crippen molar-refractivity contribution in [2.45, 2.75) is 52.4 Å². The van der Waals surface area contributed by atoms with Gasteiger partial charge in [-0.15, -0.1) is 0 Å². The minimum absolute atomic E-state index is 0.293. The predicted octanol–water partition coefficient (Wildman–Crippen LogP) is 6.86. The monoisotopic (exact) mass is 654 g/mol. The zero-order valence-corrected chi connectivity index (χ0v) is 29.0. The van der Waals surface area contributed by atoms with Crippen LogP contribution in [-0.4, -0.2) is 67.9 Å². The van der Waals surface area contributed by atoms with Gasteiger partial charge in [0.15, 0.2) is 40.6 Å². The van der Waals surface area contributed by atoms with E-state index in [1.807, 2.05) is 50.3 Å². The Morgan fingerprint density at radius 3 is 1.51 bits per heavy atom. The number of ether oxygens (including phenoxy) is 10. The molecule has 0 heterocycles. The van der Waals surface area contributed by atoms with Gasteiger partial charge in [-0.2, -0.15) is 0 Å². The maximum Gasteiger partial charge on any atom is 0.303 e. The topological polar surface area (TPSA) is 109 Å². The van der Waals surface area contributed by atoms with Crippen LogP contribution in [0.2, 0.25) is 0 Å². The summed E-state index contributed by atoms with van der Waals surface area (Å²) >= 11 is 0. The van der Waals surface area contributed by atoms with Crippen molar-refractivity contribution in [3.8, 4) is 51.7 Å². The van der Waals surface area contributed by atoms with Crippen LogP contribution >= 0.6 is 0 Å². The summed E-state index contributed by atoms with van der Waals surface area (Å²) in [5, 5.41) is 0. The van der Waals surface area contributed by atoms with E-state index >= 15 is 0 Å². The minimum Gasteiger partial charge on any atom is -0.493 e. The lowest BCUT2D eigenvalue weighted by Crippen LogP contribution is -2.26. The normalized spacial score (nSPS) is 12.8. The molecule has 3 atom stereocenters. The molecule has 256 valence electrons. The Labute approximate surface area is 277 Å². The summed E-state index contributed by atoms with van der Waals surface area (Å²) < 4.78 is 57.7. The number of allylic oxidation sites excluding steroid dienone is 1. The molecule has 3 rings (SSSR count). The number of hydrogen-bond acceptors (Lipinski definition) is 11. The number of hydrogen-bond donors (Lipinski definition) is 0. The summed E-state index contributed by atoms with van der Waals surface area (Å²) in [6, 6.07) is 10.9. The van der Waals surface area contributed by atoms with Crippen LogP contribution in [0, 0.1) is 0 Å². The highest BCUT2D eigenvalue weighted by molar-refractivity contribution is 5.67. The molecule has 0 saturated carbocycles. The fourth-order valence-electron chi connectivity index (χ4n) is 5.18. The molecule has 0 saturated heterocycles. The van der Waals surface area contributed by atoms with Crippen LogP contribution < -0.4 is 42.6 Å². The van der Waals surface area contributed by atoms with Crippen molar-refractivity contribution in [3.05, 3.63) is 59.2 Å². The zero-order valence-electron chi connectivity index (χ0n) is 29.0. The van der Waals surface area contributed by atoms with Gasteiger partial charge in [0.1, 0.15) is 12.2 Å². The van der Waals surface area contributed by atoms with Crippen molar-refractivity contribution in [2.24, 2.45) is 0 Å². The van der Waals surface area contributed by atoms with E-state index in [9.17, 15) is 4.79 Å². The molecular formula is C36H46O11. The highest BCUT2D eigenvalue weighted by Gasteiger charge is 2.30. The molecule has 0 bridgehead atoms. The number of rotatable bonds is 17. The van der Waals surface area contributed by atoms with Crippen molar-refractivity contribution in [1.29, 1.82) is 0 Å². The first kappa shape index (κ1) is 36.5. The van der Waals surface area contributed by atoms with Crippen LogP contribution in [0.5, 0.6) is 51.7 Å². The Morgan fingerprint density at radius 1 is 0.638 bits per heavy atom. The Hall–Kier alpha value is -4.93. The largest absolute Gasteiger partial charge is 0.493 e. The van der Waals surface area contributed by atoms with Crippen LogP contribution in [0.4, 0.5) is 0 Å². The van der Waals surface area contributed by atoms with E-state index in [4.69, 9.17) is 47.4 Å². The second-order valence-corrected chi connectivity index (χ2v) is 10.5. The van der Waals surface area contributed by atoms with Crippen molar-refractivity contribution in [3.63, 3.8) is 0 Å². The molecule has 0 aliphatic carbocycles. The number of carbonyl (C=O) groups excluding carboxylic acids is 1. The fraction of sp³-hybridized carbons (Fsp3) is 0.417. The molecule has 0 radical (unpaired) electrons. The van der Waals surface area contributed by atoms with Gasteiger partial charge in [0.25, 0.3) is 0 Å². The van der Waals surface area contributed by atoms with E-state index in [0.717, 1.165) is 11.1 Å². The van der Waals surface area contributed by atoms with E-state index in [2.05, 4.69) is 0 Å². The number of methoxy groups -OCH3 is 7. The van der Waals surface area contributed by atoms with Crippen molar-refractivity contribution >= 4 is 12.0 Å². The quantitative estimate of drug-likeness (QED) is 0.142. The number of benzene rings is 3. The van der Waals surface area contributed by atoms with Crippen molar-refractivity contribution in [1.82, 2.24) is 0 Å². The SMILES string of the molecule is CC=Cc1cc(OC)c(OC(C)Cc2cc(OC)c(OC(C)C(OC(C)=O)c3cc(OC)c(OC)c(OC)c3)c(OC)c2)c(OC)c1. The summed E-state index contributed by atoms with van der Waals surface area (Å²) in [6.07, 6.45) is 2.54. The maximum absolute atomic E-state index is 12.2. The van der Waals surface area contributed by atoms with E-state index in [0.29, 0.717) is 63.7 Å². The van der Waals surface area contributed by atoms with Gasteiger partial charge in [-0.25, -0.2) is 0 Å². The summed E-state index contributed by atoms with van der Waals surface area (Å²) in [4.78, 5) is 12.2. The van der Waals surface area contributed by atoms with Crippen LogP contribution in [0.3, 0.4) is 0 Å². The van der Waals surface area contributed by atoms with Gasteiger partial charge in [-0.05, 0) is 68.3 Å². The van der Waals surface area contributed by atoms with Crippen LogP contribution in [0.1, 0.15) is 50.5 Å². The maximum atomic E-state index is 12.2. The number of carbonyl (C=O) groups is 1. The van der Waals surface area contributed by atoms with Gasteiger partial charge in [0.05, 0.1) is 49.8 Å². The van der Waals surface area contributed by atoms with Crippen molar-refractivity contribution in [2.75, 3.05) is 49.8 Å². The van der Waals surface area contributed by atoms with Crippen LogP contribution in [0.15, 0.2) is 42.5 Å². The highest BCUT2D eigenvalue weighted by atomic mass is 16.6. The predicted molar refractivity (Wildman–Crippen MR) is 178 cm³/mol. The molecule has 0 amide bonds. The molecule has 3 aromatic carbocycles. The molecule has 3 aromatic rings. The molecule has 0 aliphatic rings. The first-order chi connectivity index (χ1) is 22.6. The lowest BCUT2D eigenvalue weighted by atomic mass is 10.0. The lowest BCUT2D eigenvalue weighted by Gasteiger charge is -2.27. The highest BCUT2D eigenvalue weighted by Crippen LogP contribution is 2.45. The Bertz CT molecular complexity index is 1460. The minimum atomic E-state index is -0.854. The molecule has 3 unspecified atom stereocenters. The van der Waals surface area contributed by atoms with Crippen LogP contribution in [0.25, 0.3) is 6.08 Å². The zero-order chi connectivity index (χ0) is 34.7. The second-order valence-electron chi connectivity index (χ2n) is 10.5. The average Bonchev–Trinajstić information content (AvgIpc) is 3.06. The first-order valence-electron chi connectivity index (χ1n) is 15.0. The fourth-order valence-corrected chi connectivity index (χ4v) is 5.18. The molecule has 0 aliphatic heterocycles. The summed E-state index contributed by atoms with van der Waals surface area (Å²) in [5.41, 5.74) is 2.38. The molecule has 0 aromatic heterocycles. The van der Waals surface area contributed by atoms with E-state index in [1.165, 1.54) is 28.3 Å². The molecule has 0 fully saturated rings. The third kappa shape index (κ3) is 8.87. The van der Waals surface area contributed by atoms with Gasteiger partial charge in [-0.3, -0.25) is 4.79 Å². The smallest absolute Gasteiger partial charge is 0.303 e. The third-order valence-electron chi connectivity index (χ3n) is 7.24. The molecule has 0 spiro atoms. The van der Waals surface area contributed by atoms with Gasteiger partial charge >= 0.3 is 5.97 Å². The Balaban J connectivity index is 1.94. The molecule has 11 nitrogen and oxygen atoms in total. The second kappa shape index (κ2) is 17.1. The average molecular weight is 655 g/mol. The van der Waals surface area contributed by atoms with Gasteiger partial charge < -0.3 is 47.4 Å². The molecular weight excluding hydrogens is 608 g/mol. The number of esters is 1. The van der Waals surface area contributed by atoms with E-state index < -0.39 is 18.2 Å². The summed E-state index contributed by atoms with van der Waals surface area (Å²) in [5.74, 6) is 3.56. The first-order valence-corrected chi connectivity index (χ1v) is 15.0. The van der Waals surface area contributed by atoms with Crippen LogP contribution in [-0.2, 0) is 16.0 Å². The molecule has 11 heteroatoms. The molecule has 47 heavy (non-hydrogen) atoms. The van der Waals surface area contributed by atoms with Gasteiger partial charge in [0.2, 0.25) is 17.2 Å². The summed E-state index contributed by atoms with van der Waals surface area (Å²) in [6.45, 7) is 7.00. The third-order valence-corrected chi connectivity index (χ3v) is 7.24.